The van der Waals surface area contributed by atoms with Crippen LogP contribution < -0.4 is 5.32 Å². The number of hydrogen-bond donors (Lipinski definition) is 2. The normalized spacial score (nSPS) is 11.9. The van der Waals surface area contributed by atoms with E-state index in [9.17, 15) is 18.4 Å². The van der Waals surface area contributed by atoms with Crippen molar-refractivity contribution in [2.45, 2.75) is 24.3 Å². The Hall–Kier alpha value is -1.63. The molecule has 0 radical (unpaired) electrons. The van der Waals surface area contributed by atoms with Crippen molar-refractivity contribution >= 4 is 23.6 Å². The van der Waals surface area contributed by atoms with E-state index in [0.717, 1.165) is 12.1 Å². The van der Waals surface area contributed by atoms with E-state index in [1.54, 1.807) is 0 Å². The van der Waals surface area contributed by atoms with Crippen LogP contribution in [0.15, 0.2) is 23.1 Å². The molecule has 0 aliphatic carbocycles. The first-order valence-corrected chi connectivity index (χ1v) is 6.48. The Kier molecular flexibility index (Phi) is 5.75. The second kappa shape index (κ2) is 7.08. The molecule has 0 saturated heterocycles. The highest BCUT2D eigenvalue weighted by Crippen LogP contribution is 2.20. The third-order valence-electron chi connectivity index (χ3n) is 2.24. The third-order valence-corrected chi connectivity index (χ3v) is 3.23. The summed E-state index contributed by atoms with van der Waals surface area (Å²) in [5.41, 5.74) is 0. The van der Waals surface area contributed by atoms with Crippen molar-refractivity contribution < 1.29 is 23.5 Å². The lowest BCUT2D eigenvalue weighted by Crippen LogP contribution is -2.38. The van der Waals surface area contributed by atoms with Gasteiger partial charge in [-0.05, 0) is 25.1 Å². The average molecular weight is 289 g/mol. The van der Waals surface area contributed by atoms with Crippen molar-refractivity contribution in [1.29, 1.82) is 0 Å². The first-order chi connectivity index (χ1) is 8.90. The Balaban J connectivity index is 2.35. The van der Waals surface area contributed by atoms with Crippen LogP contribution in [0.5, 0.6) is 0 Å². The predicted molar refractivity (Wildman–Crippen MR) is 66.9 cm³/mol. The first kappa shape index (κ1) is 15.4. The highest BCUT2D eigenvalue weighted by Gasteiger charge is 2.13. The summed E-state index contributed by atoms with van der Waals surface area (Å²) in [6.45, 7) is 1.36. The molecule has 0 aliphatic rings. The van der Waals surface area contributed by atoms with Crippen LogP contribution in [0.3, 0.4) is 0 Å². The van der Waals surface area contributed by atoms with Crippen molar-refractivity contribution in [2.24, 2.45) is 0 Å². The Morgan fingerprint density at radius 1 is 1.37 bits per heavy atom. The van der Waals surface area contributed by atoms with Crippen LogP contribution in [0.4, 0.5) is 8.78 Å². The van der Waals surface area contributed by atoms with Gasteiger partial charge in [0.05, 0.1) is 0 Å². The number of carbonyl (C=O) groups is 2. The molecule has 0 spiro atoms. The number of carboxylic acid groups (broad SMARTS) is 1. The lowest BCUT2D eigenvalue weighted by atomic mass is 10.3. The average Bonchev–Trinajstić information content (AvgIpc) is 2.33. The number of rotatable bonds is 6. The van der Waals surface area contributed by atoms with E-state index in [4.69, 9.17) is 5.11 Å². The summed E-state index contributed by atoms with van der Waals surface area (Å²) in [5, 5.41) is 10.9. The molecule has 19 heavy (non-hydrogen) atoms. The van der Waals surface area contributed by atoms with Gasteiger partial charge in [0, 0.05) is 17.1 Å². The zero-order valence-corrected chi connectivity index (χ0v) is 11.0. The Labute approximate surface area is 113 Å². The topological polar surface area (TPSA) is 66.4 Å². The molecular formula is C12H13F2NO3S. The number of carbonyl (C=O) groups excluding carboxylic acids is 1. The molecule has 0 unspecified atom stereocenters. The minimum absolute atomic E-state index is 0.0985. The number of nitrogens with one attached hydrogen (secondary N) is 1. The summed E-state index contributed by atoms with van der Waals surface area (Å²) < 4.78 is 25.6. The number of carboxylic acids is 1. The van der Waals surface area contributed by atoms with Gasteiger partial charge in [0.1, 0.15) is 6.04 Å². The summed E-state index contributed by atoms with van der Waals surface area (Å²) >= 11 is 1.19. The SMILES string of the molecule is C[C@@H](NC(=O)CCSc1ccc(F)c(F)c1)C(=O)O. The van der Waals surface area contributed by atoms with Crippen molar-refractivity contribution in [1.82, 2.24) is 5.32 Å². The van der Waals surface area contributed by atoms with Crippen molar-refractivity contribution in [3.8, 4) is 0 Å². The molecule has 0 fully saturated rings. The van der Waals surface area contributed by atoms with E-state index in [0.29, 0.717) is 10.6 Å². The zero-order valence-electron chi connectivity index (χ0n) is 10.2. The van der Waals surface area contributed by atoms with Gasteiger partial charge in [-0.25, -0.2) is 8.78 Å². The van der Waals surface area contributed by atoms with Crippen LogP contribution in [0.2, 0.25) is 0 Å². The minimum Gasteiger partial charge on any atom is -0.480 e. The van der Waals surface area contributed by atoms with Crippen LogP contribution in [0.1, 0.15) is 13.3 Å². The fraction of sp³-hybridized carbons (Fsp3) is 0.333. The number of amides is 1. The fourth-order valence-electron chi connectivity index (χ4n) is 1.20. The van der Waals surface area contributed by atoms with Gasteiger partial charge in [-0.1, -0.05) is 0 Å². The molecule has 0 heterocycles. The van der Waals surface area contributed by atoms with Crippen molar-refractivity contribution in [3.05, 3.63) is 29.8 Å². The molecule has 0 bridgehead atoms. The van der Waals surface area contributed by atoms with Gasteiger partial charge in [-0.2, -0.15) is 0 Å². The number of aliphatic carboxylic acids is 1. The zero-order chi connectivity index (χ0) is 14.4. The van der Waals surface area contributed by atoms with Crippen LogP contribution in [0.25, 0.3) is 0 Å². The summed E-state index contributed by atoms with van der Waals surface area (Å²) in [7, 11) is 0. The van der Waals surface area contributed by atoms with Crippen molar-refractivity contribution in [2.75, 3.05) is 5.75 Å². The number of benzene rings is 1. The van der Waals surface area contributed by atoms with Crippen LogP contribution in [-0.4, -0.2) is 28.8 Å². The van der Waals surface area contributed by atoms with Gasteiger partial charge >= 0.3 is 5.97 Å². The van der Waals surface area contributed by atoms with E-state index in [-0.39, 0.29) is 6.42 Å². The second-order valence-electron chi connectivity index (χ2n) is 3.80. The van der Waals surface area contributed by atoms with E-state index >= 15 is 0 Å². The maximum Gasteiger partial charge on any atom is 0.325 e. The molecule has 2 N–H and O–H groups in total. The standard InChI is InChI=1S/C12H13F2NO3S/c1-7(12(17)18)15-11(16)4-5-19-8-2-3-9(13)10(14)6-8/h2-3,6-7H,4-5H2,1H3,(H,15,16)(H,17,18)/t7-/m1/s1. The maximum absolute atomic E-state index is 12.9. The molecule has 1 aromatic carbocycles. The molecule has 4 nitrogen and oxygen atoms in total. The first-order valence-electron chi connectivity index (χ1n) is 5.50. The molecule has 1 atom stereocenters. The molecule has 1 aromatic rings. The highest BCUT2D eigenvalue weighted by atomic mass is 32.2. The molecule has 0 aliphatic heterocycles. The van der Waals surface area contributed by atoms with Gasteiger partial charge in [0.2, 0.25) is 5.91 Å². The van der Waals surface area contributed by atoms with Crippen LogP contribution >= 0.6 is 11.8 Å². The highest BCUT2D eigenvalue weighted by molar-refractivity contribution is 7.99. The smallest absolute Gasteiger partial charge is 0.325 e. The van der Waals surface area contributed by atoms with Gasteiger partial charge in [0.15, 0.2) is 11.6 Å². The van der Waals surface area contributed by atoms with E-state index in [2.05, 4.69) is 5.32 Å². The van der Waals surface area contributed by atoms with Gasteiger partial charge in [0.25, 0.3) is 0 Å². The summed E-state index contributed by atoms with van der Waals surface area (Å²) in [6, 6.07) is 2.55. The summed E-state index contributed by atoms with van der Waals surface area (Å²) in [6.07, 6.45) is 0.0985. The lowest BCUT2D eigenvalue weighted by Gasteiger charge is -2.08. The molecule has 104 valence electrons. The van der Waals surface area contributed by atoms with E-state index in [1.807, 2.05) is 0 Å². The number of hydrogen-bond acceptors (Lipinski definition) is 3. The molecular weight excluding hydrogens is 276 g/mol. The Morgan fingerprint density at radius 3 is 2.63 bits per heavy atom. The molecule has 0 saturated carbocycles. The summed E-state index contributed by atoms with van der Waals surface area (Å²) in [4.78, 5) is 22.4. The van der Waals surface area contributed by atoms with E-state index in [1.165, 1.54) is 24.8 Å². The molecule has 1 amide bonds. The number of halogens is 2. The molecule has 0 aromatic heterocycles. The van der Waals surface area contributed by atoms with Gasteiger partial charge in [-0.15, -0.1) is 11.8 Å². The van der Waals surface area contributed by atoms with Crippen molar-refractivity contribution in [3.63, 3.8) is 0 Å². The van der Waals surface area contributed by atoms with Crippen LogP contribution in [-0.2, 0) is 9.59 Å². The van der Waals surface area contributed by atoms with Gasteiger partial charge in [-0.3, -0.25) is 9.59 Å². The van der Waals surface area contributed by atoms with E-state index < -0.39 is 29.6 Å². The molecule has 7 heteroatoms. The second-order valence-corrected chi connectivity index (χ2v) is 4.97. The monoisotopic (exact) mass is 289 g/mol. The minimum atomic E-state index is -1.11. The Morgan fingerprint density at radius 2 is 2.05 bits per heavy atom. The summed E-state index contributed by atoms with van der Waals surface area (Å²) in [5.74, 6) is -3.01. The third kappa shape index (κ3) is 5.25. The maximum atomic E-state index is 12.9. The molecule has 1 rings (SSSR count). The fourth-order valence-corrected chi connectivity index (χ4v) is 2.08. The Bertz CT molecular complexity index is 482. The number of thioether (sulfide) groups is 1. The van der Waals surface area contributed by atoms with Gasteiger partial charge < -0.3 is 10.4 Å². The quantitative estimate of drug-likeness (QED) is 0.786. The predicted octanol–water partition coefficient (Wildman–Crippen LogP) is 2.04. The van der Waals surface area contributed by atoms with Crippen LogP contribution in [0, 0.1) is 11.6 Å². The largest absolute Gasteiger partial charge is 0.480 e. The lowest BCUT2D eigenvalue weighted by molar-refractivity contribution is -0.141.